The molecule has 4 N–H and O–H groups in total. The first kappa shape index (κ1) is 15.9. The first-order valence-electron chi connectivity index (χ1n) is 5.83. The van der Waals surface area contributed by atoms with Crippen LogP contribution in [0.25, 0.3) is 0 Å². The quantitative estimate of drug-likeness (QED) is 0.734. The molecule has 1 aromatic carbocycles. The van der Waals surface area contributed by atoms with Crippen molar-refractivity contribution in [3.05, 3.63) is 28.2 Å². The zero-order valence-electron chi connectivity index (χ0n) is 11.2. The molecular weight excluding hydrogens is 326 g/mol. The van der Waals surface area contributed by atoms with E-state index < -0.39 is 0 Å². The summed E-state index contributed by atoms with van der Waals surface area (Å²) < 4.78 is 0.821. The Morgan fingerprint density at radius 3 is 2.53 bits per heavy atom. The number of nitrogens with two attached hydrogens (primary N) is 1. The van der Waals surface area contributed by atoms with E-state index in [1.165, 1.54) is 0 Å². The topological polar surface area (TPSA) is 67.2 Å². The van der Waals surface area contributed by atoms with Crippen LogP contribution in [0.15, 0.2) is 22.7 Å². The number of hydrogen-bond acceptors (Lipinski definition) is 3. The van der Waals surface area contributed by atoms with Gasteiger partial charge in [-0.25, -0.2) is 0 Å². The highest BCUT2D eigenvalue weighted by Gasteiger charge is 2.13. The SMILES string of the molecule is CC(C)(C)NC(=O)CNc1ccc(C(N)=S)cc1Br. The lowest BCUT2D eigenvalue weighted by atomic mass is 10.1. The van der Waals surface area contributed by atoms with Crippen LogP contribution in [-0.2, 0) is 4.79 Å². The molecule has 19 heavy (non-hydrogen) atoms. The lowest BCUT2D eigenvalue weighted by Crippen LogP contribution is -2.43. The standard InChI is InChI=1S/C13H18BrN3OS/c1-13(2,3)17-11(18)7-16-10-5-4-8(12(15)19)6-9(10)14/h4-6,16H,7H2,1-3H3,(H2,15,19)(H,17,18). The number of nitrogens with one attached hydrogen (secondary N) is 2. The summed E-state index contributed by atoms with van der Waals surface area (Å²) in [5, 5.41) is 5.94. The summed E-state index contributed by atoms with van der Waals surface area (Å²) in [4.78, 5) is 12.0. The summed E-state index contributed by atoms with van der Waals surface area (Å²) in [7, 11) is 0. The van der Waals surface area contributed by atoms with E-state index in [9.17, 15) is 4.79 Å². The van der Waals surface area contributed by atoms with Crippen LogP contribution in [0, 0.1) is 0 Å². The summed E-state index contributed by atoms with van der Waals surface area (Å²) in [5.74, 6) is -0.0576. The van der Waals surface area contributed by atoms with Gasteiger partial charge >= 0.3 is 0 Å². The number of amides is 1. The molecule has 4 nitrogen and oxygen atoms in total. The Kier molecular flexibility index (Phi) is 5.31. The fraction of sp³-hybridized carbons (Fsp3) is 0.385. The van der Waals surface area contributed by atoms with E-state index >= 15 is 0 Å². The summed E-state index contributed by atoms with van der Waals surface area (Å²) in [6.07, 6.45) is 0. The van der Waals surface area contributed by atoms with Gasteiger partial charge in [0.2, 0.25) is 5.91 Å². The van der Waals surface area contributed by atoms with Gasteiger partial charge < -0.3 is 16.4 Å². The molecule has 0 unspecified atom stereocenters. The van der Waals surface area contributed by atoms with Crippen molar-refractivity contribution in [1.29, 1.82) is 0 Å². The average Bonchev–Trinajstić information content (AvgIpc) is 2.24. The number of thiocarbonyl (C=S) groups is 1. The minimum atomic E-state index is -0.231. The van der Waals surface area contributed by atoms with Gasteiger partial charge in [-0.1, -0.05) is 12.2 Å². The number of halogens is 1. The van der Waals surface area contributed by atoms with Gasteiger partial charge in [-0.05, 0) is 54.9 Å². The van der Waals surface area contributed by atoms with Crippen LogP contribution >= 0.6 is 28.1 Å². The molecular formula is C13H18BrN3OS. The number of rotatable bonds is 4. The van der Waals surface area contributed by atoms with Gasteiger partial charge in [-0.15, -0.1) is 0 Å². The number of benzene rings is 1. The minimum Gasteiger partial charge on any atom is -0.389 e. The van der Waals surface area contributed by atoms with E-state index in [4.69, 9.17) is 18.0 Å². The van der Waals surface area contributed by atoms with Crippen molar-refractivity contribution >= 4 is 44.7 Å². The average molecular weight is 344 g/mol. The van der Waals surface area contributed by atoms with Gasteiger partial charge in [0.15, 0.2) is 0 Å². The second-order valence-corrected chi connectivity index (χ2v) is 6.50. The van der Waals surface area contributed by atoms with Crippen molar-refractivity contribution in [3.8, 4) is 0 Å². The van der Waals surface area contributed by atoms with Crippen molar-refractivity contribution in [2.45, 2.75) is 26.3 Å². The van der Waals surface area contributed by atoms with Crippen LogP contribution in [0.4, 0.5) is 5.69 Å². The highest BCUT2D eigenvalue weighted by atomic mass is 79.9. The second-order valence-electron chi connectivity index (χ2n) is 5.21. The molecule has 0 aliphatic heterocycles. The van der Waals surface area contributed by atoms with Crippen LogP contribution in [0.2, 0.25) is 0 Å². The van der Waals surface area contributed by atoms with Crippen LogP contribution in [0.1, 0.15) is 26.3 Å². The van der Waals surface area contributed by atoms with Gasteiger partial charge in [0, 0.05) is 21.3 Å². The lowest BCUT2D eigenvalue weighted by molar-refractivity contribution is -0.120. The smallest absolute Gasteiger partial charge is 0.239 e. The van der Waals surface area contributed by atoms with Crippen LogP contribution in [-0.4, -0.2) is 23.0 Å². The van der Waals surface area contributed by atoms with E-state index in [2.05, 4.69) is 26.6 Å². The molecule has 1 amide bonds. The van der Waals surface area contributed by atoms with E-state index in [1.54, 1.807) is 0 Å². The Morgan fingerprint density at radius 1 is 1.42 bits per heavy atom. The molecule has 0 fully saturated rings. The Hall–Kier alpha value is -1.14. The highest BCUT2D eigenvalue weighted by molar-refractivity contribution is 9.10. The van der Waals surface area contributed by atoms with E-state index in [-0.39, 0.29) is 18.0 Å². The molecule has 6 heteroatoms. The second kappa shape index (κ2) is 6.34. The van der Waals surface area contributed by atoms with Crippen molar-refractivity contribution < 1.29 is 4.79 Å². The highest BCUT2D eigenvalue weighted by Crippen LogP contribution is 2.23. The predicted molar refractivity (Wildman–Crippen MR) is 86.4 cm³/mol. The third-order valence-electron chi connectivity index (χ3n) is 2.21. The molecule has 0 atom stereocenters. The molecule has 0 saturated carbocycles. The predicted octanol–water partition coefficient (Wildman–Crippen LogP) is 2.41. The molecule has 1 aromatic rings. The van der Waals surface area contributed by atoms with Crippen LogP contribution in [0.3, 0.4) is 0 Å². The Bertz CT molecular complexity index is 497. The lowest BCUT2D eigenvalue weighted by Gasteiger charge is -2.21. The van der Waals surface area contributed by atoms with Crippen LogP contribution < -0.4 is 16.4 Å². The van der Waals surface area contributed by atoms with Gasteiger partial charge in [0.25, 0.3) is 0 Å². The van der Waals surface area contributed by atoms with Gasteiger partial charge in [0.1, 0.15) is 4.99 Å². The first-order valence-corrected chi connectivity index (χ1v) is 7.03. The normalized spacial score (nSPS) is 10.9. The molecule has 0 spiro atoms. The summed E-state index contributed by atoms with van der Waals surface area (Å²) in [6, 6.07) is 5.48. The van der Waals surface area contributed by atoms with Crippen molar-refractivity contribution in [3.63, 3.8) is 0 Å². The van der Waals surface area contributed by atoms with E-state index in [0.29, 0.717) is 4.99 Å². The summed E-state index contributed by atoms with van der Waals surface area (Å²) in [6.45, 7) is 6.04. The van der Waals surface area contributed by atoms with Gasteiger partial charge in [-0.3, -0.25) is 4.79 Å². The zero-order chi connectivity index (χ0) is 14.6. The van der Waals surface area contributed by atoms with E-state index in [1.807, 2.05) is 39.0 Å². The fourth-order valence-corrected chi connectivity index (χ4v) is 2.10. The molecule has 1 rings (SSSR count). The largest absolute Gasteiger partial charge is 0.389 e. The van der Waals surface area contributed by atoms with Gasteiger partial charge in [-0.2, -0.15) is 0 Å². The molecule has 0 radical (unpaired) electrons. The van der Waals surface area contributed by atoms with Crippen LogP contribution in [0.5, 0.6) is 0 Å². The minimum absolute atomic E-state index is 0.0576. The van der Waals surface area contributed by atoms with Gasteiger partial charge in [0.05, 0.1) is 6.54 Å². The third-order valence-corrected chi connectivity index (χ3v) is 3.10. The Balaban J connectivity index is 2.64. The zero-order valence-corrected chi connectivity index (χ0v) is 13.6. The summed E-state index contributed by atoms with van der Waals surface area (Å²) >= 11 is 8.32. The number of anilines is 1. The maximum Gasteiger partial charge on any atom is 0.239 e. The number of carbonyl (C=O) groups excluding carboxylic acids is 1. The molecule has 0 heterocycles. The Labute approximate surface area is 127 Å². The first-order chi connectivity index (χ1) is 8.69. The monoisotopic (exact) mass is 343 g/mol. The molecule has 0 bridgehead atoms. The number of hydrogen-bond donors (Lipinski definition) is 3. The summed E-state index contributed by atoms with van der Waals surface area (Å²) in [5.41, 5.74) is 6.93. The molecule has 104 valence electrons. The molecule has 0 aliphatic carbocycles. The molecule has 0 aromatic heterocycles. The van der Waals surface area contributed by atoms with E-state index in [0.717, 1.165) is 15.7 Å². The Morgan fingerprint density at radius 2 is 2.05 bits per heavy atom. The maximum absolute atomic E-state index is 11.7. The van der Waals surface area contributed by atoms with Crippen molar-refractivity contribution in [2.75, 3.05) is 11.9 Å². The van der Waals surface area contributed by atoms with Crippen molar-refractivity contribution in [2.24, 2.45) is 5.73 Å². The number of carbonyl (C=O) groups is 1. The van der Waals surface area contributed by atoms with Crippen molar-refractivity contribution in [1.82, 2.24) is 5.32 Å². The maximum atomic E-state index is 11.7. The fourth-order valence-electron chi connectivity index (χ4n) is 1.45. The molecule has 0 saturated heterocycles. The third kappa shape index (κ3) is 5.57. The molecule has 0 aliphatic rings.